The third-order valence-electron chi connectivity index (χ3n) is 11.2. The van der Waals surface area contributed by atoms with E-state index >= 15 is 0 Å². The van der Waals surface area contributed by atoms with Crippen molar-refractivity contribution >= 4 is 55.0 Å². The SMILES string of the molecule is Cc1cc(-c2ccc3c(c2)c2ccccc2n3-c2cccc(-n3c4ccccc4c4ccccc43)c2)cc(N2c3ccccc3C3C=CC=CC32)c1. The predicted octanol–water partition coefficient (Wildman–Crippen LogP) is 12.6. The number of nitrogens with zero attached hydrogens (tertiary/aromatic N) is 3. The Kier molecular flexibility index (Phi) is 6.29. The Bertz CT molecular complexity index is 2900. The summed E-state index contributed by atoms with van der Waals surface area (Å²) in [6.45, 7) is 2.22. The fourth-order valence-corrected chi connectivity index (χ4v) is 9.06. The number of aryl methyl sites for hydroxylation is 1. The van der Waals surface area contributed by atoms with Crippen molar-refractivity contribution in [3.05, 3.63) is 193 Å². The zero-order valence-corrected chi connectivity index (χ0v) is 28.8. The molecule has 2 aromatic heterocycles. The van der Waals surface area contributed by atoms with E-state index in [4.69, 9.17) is 0 Å². The molecule has 0 N–H and O–H groups in total. The number of rotatable bonds is 4. The van der Waals surface area contributed by atoms with Crippen LogP contribution in [-0.4, -0.2) is 15.2 Å². The molecule has 0 spiro atoms. The first kappa shape index (κ1) is 29.2. The minimum atomic E-state index is 0.274. The Hall–Kier alpha value is -6.58. The van der Waals surface area contributed by atoms with E-state index in [9.17, 15) is 0 Å². The van der Waals surface area contributed by atoms with Gasteiger partial charge in [0.1, 0.15) is 0 Å². The Balaban J connectivity index is 1.06. The molecule has 9 aromatic rings. The van der Waals surface area contributed by atoms with Crippen LogP contribution in [0.25, 0.3) is 66.1 Å². The molecule has 52 heavy (non-hydrogen) atoms. The fraction of sp³-hybridized carbons (Fsp3) is 0.0612. The van der Waals surface area contributed by atoms with E-state index in [1.54, 1.807) is 0 Å². The summed E-state index contributed by atoms with van der Waals surface area (Å²) >= 11 is 0. The molecule has 1 aliphatic heterocycles. The molecule has 0 bridgehead atoms. The lowest BCUT2D eigenvalue weighted by atomic mass is 9.91. The Morgan fingerprint density at radius 2 is 1.02 bits per heavy atom. The van der Waals surface area contributed by atoms with Gasteiger partial charge in [0.25, 0.3) is 0 Å². The zero-order valence-electron chi connectivity index (χ0n) is 28.8. The van der Waals surface area contributed by atoms with E-state index in [0.29, 0.717) is 5.92 Å². The summed E-state index contributed by atoms with van der Waals surface area (Å²) < 4.78 is 4.83. The molecule has 3 nitrogen and oxygen atoms in total. The number of aromatic nitrogens is 2. The maximum absolute atomic E-state index is 2.53. The molecule has 2 unspecified atom stereocenters. The summed E-state index contributed by atoms with van der Waals surface area (Å²) in [5.41, 5.74) is 14.8. The molecule has 7 aromatic carbocycles. The van der Waals surface area contributed by atoms with Gasteiger partial charge in [-0.05, 0) is 95.9 Å². The van der Waals surface area contributed by atoms with Gasteiger partial charge in [0, 0.05) is 50.2 Å². The normalized spacial score (nSPS) is 16.4. The second-order valence-electron chi connectivity index (χ2n) is 14.2. The van der Waals surface area contributed by atoms with Gasteiger partial charge >= 0.3 is 0 Å². The smallest absolute Gasteiger partial charge is 0.0629 e. The van der Waals surface area contributed by atoms with Crippen molar-refractivity contribution in [2.45, 2.75) is 18.9 Å². The molecule has 0 radical (unpaired) electrons. The van der Waals surface area contributed by atoms with Crippen LogP contribution < -0.4 is 4.90 Å². The molecule has 0 amide bonds. The summed E-state index contributed by atoms with van der Waals surface area (Å²) in [5, 5.41) is 5.05. The third kappa shape index (κ3) is 4.26. The summed E-state index contributed by atoms with van der Waals surface area (Å²) in [4.78, 5) is 2.53. The highest BCUT2D eigenvalue weighted by Crippen LogP contribution is 2.48. The van der Waals surface area contributed by atoms with Gasteiger partial charge < -0.3 is 14.0 Å². The van der Waals surface area contributed by atoms with E-state index in [1.165, 1.54) is 77.2 Å². The van der Waals surface area contributed by atoms with Crippen LogP contribution in [0.15, 0.2) is 182 Å². The molecule has 3 heteroatoms. The number of benzene rings is 7. The van der Waals surface area contributed by atoms with Crippen LogP contribution in [-0.2, 0) is 0 Å². The van der Waals surface area contributed by atoms with E-state index in [2.05, 4.69) is 203 Å². The Labute approximate surface area is 302 Å². The highest BCUT2D eigenvalue weighted by Gasteiger charge is 2.37. The molecule has 1 aliphatic carbocycles. The number of para-hydroxylation sites is 4. The molecule has 246 valence electrons. The lowest BCUT2D eigenvalue weighted by molar-refractivity contribution is 0.744. The molecular weight excluding hydrogens is 631 g/mol. The molecule has 11 rings (SSSR count). The van der Waals surface area contributed by atoms with Crippen LogP contribution in [0.5, 0.6) is 0 Å². The third-order valence-corrected chi connectivity index (χ3v) is 11.2. The largest absolute Gasteiger partial charge is 0.333 e. The van der Waals surface area contributed by atoms with E-state index in [0.717, 1.165) is 11.4 Å². The summed E-state index contributed by atoms with van der Waals surface area (Å²) in [6, 6.07) is 58.5. The standard InChI is InChI=1S/C49H35N3/c1-32-27-34(29-37(28-32)52-46-22-9-4-17-40(46)41-18-5-10-23-47(41)52)33-25-26-49-43(30-33)42-19-6-11-24-48(42)51(49)36-14-12-13-35(31-36)50-44-20-7-2-15-38(44)39-16-3-8-21-45(39)50/h2-31,40,46H,1H3. The second-order valence-corrected chi connectivity index (χ2v) is 14.2. The summed E-state index contributed by atoms with van der Waals surface area (Å²) in [7, 11) is 0. The van der Waals surface area contributed by atoms with Crippen LogP contribution in [0.3, 0.4) is 0 Å². The molecule has 0 saturated carbocycles. The van der Waals surface area contributed by atoms with E-state index in [-0.39, 0.29) is 6.04 Å². The van der Waals surface area contributed by atoms with E-state index in [1.807, 2.05) is 0 Å². The average molecular weight is 666 g/mol. The minimum Gasteiger partial charge on any atom is -0.333 e. The van der Waals surface area contributed by atoms with Crippen LogP contribution >= 0.6 is 0 Å². The minimum absolute atomic E-state index is 0.274. The molecule has 2 atom stereocenters. The van der Waals surface area contributed by atoms with Crippen molar-refractivity contribution in [1.29, 1.82) is 0 Å². The van der Waals surface area contributed by atoms with Crippen LogP contribution in [0, 0.1) is 6.92 Å². The summed E-state index contributed by atoms with van der Waals surface area (Å²) in [6.07, 6.45) is 9.08. The van der Waals surface area contributed by atoms with Gasteiger partial charge in [-0.3, -0.25) is 0 Å². The van der Waals surface area contributed by atoms with E-state index < -0.39 is 0 Å². The number of fused-ring (bicyclic) bond motifs is 9. The van der Waals surface area contributed by atoms with Gasteiger partial charge in [-0.25, -0.2) is 0 Å². The monoisotopic (exact) mass is 665 g/mol. The molecule has 2 aliphatic rings. The molecule has 0 saturated heterocycles. The molecule has 0 fully saturated rings. The topological polar surface area (TPSA) is 13.1 Å². The number of anilines is 2. The van der Waals surface area contributed by atoms with Gasteiger partial charge in [-0.1, -0.05) is 115 Å². The quantitative estimate of drug-likeness (QED) is 0.182. The van der Waals surface area contributed by atoms with Crippen molar-refractivity contribution in [3.63, 3.8) is 0 Å². The average Bonchev–Trinajstić information content (AvgIpc) is 3.83. The first-order chi connectivity index (χ1) is 25.7. The van der Waals surface area contributed by atoms with Gasteiger partial charge in [0.05, 0.1) is 28.1 Å². The lowest BCUT2D eigenvalue weighted by Gasteiger charge is -2.29. The van der Waals surface area contributed by atoms with Crippen LogP contribution in [0.2, 0.25) is 0 Å². The highest BCUT2D eigenvalue weighted by atomic mass is 15.2. The van der Waals surface area contributed by atoms with Gasteiger partial charge in [0.15, 0.2) is 0 Å². The van der Waals surface area contributed by atoms with Crippen LogP contribution in [0.1, 0.15) is 17.0 Å². The zero-order chi connectivity index (χ0) is 34.3. The molecular formula is C49H35N3. The highest BCUT2D eigenvalue weighted by molar-refractivity contribution is 6.11. The number of hydrogen-bond acceptors (Lipinski definition) is 1. The first-order valence-corrected chi connectivity index (χ1v) is 18.2. The van der Waals surface area contributed by atoms with Gasteiger partial charge in [-0.2, -0.15) is 0 Å². The van der Waals surface area contributed by atoms with Gasteiger partial charge in [0.2, 0.25) is 0 Å². The fourth-order valence-electron chi connectivity index (χ4n) is 9.06. The summed E-state index contributed by atoms with van der Waals surface area (Å²) in [5.74, 6) is 0.362. The number of hydrogen-bond donors (Lipinski definition) is 0. The van der Waals surface area contributed by atoms with Gasteiger partial charge in [-0.15, -0.1) is 0 Å². The maximum atomic E-state index is 2.53. The van der Waals surface area contributed by atoms with Crippen molar-refractivity contribution < 1.29 is 0 Å². The van der Waals surface area contributed by atoms with Crippen molar-refractivity contribution in [2.24, 2.45) is 0 Å². The van der Waals surface area contributed by atoms with Crippen molar-refractivity contribution in [2.75, 3.05) is 4.90 Å². The van der Waals surface area contributed by atoms with Crippen molar-refractivity contribution in [3.8, 4) is 22.5 Å². The Morgan fingerprint density at radius 1 is 0.423 bits per heavy atom. The predicted molar refractivity (Wildman–Crippen MR) is 219 cm³/mol. The maximum Gasteiger partial charge on any atom is 0.0629 e. The lowest BCUT2D eigenvalue weighted by Crippen LogP contribution is -2.28. The first-order valence-electron chi connectivity index (χ1n) is 18.2. The van der Waals surface area contributed by atoms with Crippen molar-refractivity contribution in [1.82, 2.24) is 9.13 Å². The number of allylic oxidation sites excluding steroid dienone is 2. The molecule has 3 heterocycles. The second kappa shape index (κ2) is 11.2. The Morgan fingerprint density at radius 3 is 1.73 bits per heavy atom. The van der Waals surface area contributed by atoms with Crippen LogP contribution in [0.4, 0.5) is 11.4 Å².